The molecular weight excluding hydrogens is 597 g/mol. The molecule has 2 aromatic heterocycles. The summed E-state index contributed by atoms with van der Waals surface area (Å²) in [6, 6.07) is 11.8. The number of hydrogen-bond acceptors (Lipinski definition) is 10. The van der Waals surface area contributed by atoms with E-state index in [1.54, 1.807) is 0 Å². The number of thioether (sulfide) groups is 1. The van der Waals surface area contributed by atoms with Crippen LogP contribution in [0.3, 0.4) is 0 Å². The van der Waals surface area contributed by atoms with Gasteiger partial charge in [0.1, 0.15) is 5.01 Å². The van der Waals surface area contributed by atoms with E-state index >= 15 is 0 Å². The van der Waals surface area contributed by atoms with Crippen LogP contribution < -0.4 is 10.6 Å². The Morgan fingerprint density at radius 3 is 2.40 bits per heavy atom. The number of aryl methyl sites for hydroxylation is 2. The predicted octanol–water partition coefficient (Wildman–Crippen LogP) is 3.49. The summed E-state index contributed by atoms with van der Waals surface area (Å²) in [6.45, 7) is 6.89. The largest absolute Gasteiger partial charge is 0.345 e. The molecule has 15 heteroatoms. The van der Waals surface area contributed by atoms with Gasteiger partial charge in [0.05, 0.1) is 22.9 Å². The summed E-state index contributed by atoms with van der Waals surface area (Å²) in [4.78, 5) is 25.7. The Morgan fingerprint density at radius 2 is 1.71 bits per heavy atom. The van der Waals surface area contributed by atoms with Crippen LogP contribution in [0, 0.1) is 20.8 Å². The maximum absolute atomic E-state index is 13.0. The number of carbonyl (C=O) groups is 2. The van der Waals surface area contributed by atoms with Crippen LogP contribution in [0.25, 0.3) is 5.69 Å². The van der Waals surface area contributed by atoms with Gasteiger partial charge in [-0.05, 0) is 75.1 Å². The molecule has 3 heterocycles. The predicted molar refractivity (Wildman–Crippen MR) is 160 cm³/mol. The molecule has 1 saturated heterocycles. The van der Waals surface area contributed by atoms with E-state index in [0.717, 1.165) is 34.7 Å². The lowest BCUT2D eigenvalue weighted by atomic mass is 10.1. The number of rotatable bonds is 10. The van der Waals surface area contributed by atoms with E-state index in [1.807, 2.05) is 43.5 Å². The zero-order valence-corrected chi connectivity index (χ0v) is 25.8. The number of carbonyl (C=O) groups excluding carboxylic acids is 2. The Labute approximate surface area is 252 Å². The highest BCUT2D eigenvalue weighted by Crippen LogP contribution is 2.26. The van der Waals surface area contributed by atoms with Crippen molar-refractivity contribution in [1.29, 1.82) is 0 Å². The summed E-state index contributed by atoms with van der Waals surface area (Å²) >= 11 is 2.51. The van der Waals surface area contributed by atoms with Crippen LogP contribution in [0.4, 0.5) is 5.13 Å². The molecule has 12 nitrogen and oxygen atoms in total. The second-order valence-corrected chi connectivity index (χ2v) is 13.8. The van der Waals surface area contributed by atoms with E-state index in [4.69, 9.17) is 0 Å². The Kier molecular flexibility index (Phi) is 9.01. The van der Waals surface area contributed by atoms with Crippen molar-refractivity contribution in [1.82, 2.24) is 34.6 Å². The van der Waals surface area contributed by atoms with Gasteiger partial charge in [0.15, 0.2) is 11.0 Å². The fraction of sp³-hybridized carbons (Fsp3) is 0.333. The summed E-state index contributed by atoms with van der Waals surface area (Å²) in [5.41, 5.74) is 3.24. The summed E-state index contributed by atoms with van der Waals surface area (Å²) in [6.07, 6.45) is 1.70. The standard InChI is InChI=1S/C27H30N8O4S3/c1-17-7-6-8-22(18(17)2)35-23(31-33-27(35)40-16-24(36)29-26-32-30-19(3)41-26)15-28-25(37)20-9-11-21(12-10-20)42(38,39)34-13-4-5-14-34/h6-12H,4-5,13-16H2,1-3H3,(H,28,37)(H,29,32,36). The lowest BCUT2D eigenvalue weighted by Crippen LogP contribution is -2.28. The van der Waals surface area contributed by atoms with Crippen LogP contribution in [0.2, 0.25) is 0 Å². The van der Waals surface area contributed by atoms with Crippen molar-refractivity contribution in [3.8, 4) is 5.69 Å². The van der Waals surface area contributed by atoms with Crippen molar-refractivity contribution in [2.75, 3.05) is 24.2 Å². The molecule has 1 fully saturated rings. The minimum Gasteiger partial charge on any atom is -0.345 e. The van der Waals surface area contributed by atoms with Gasteiger partial charge in [-0.3, -0.25) is 19.5 Å². The molecule has 0 unspecified atom stereocenters. The maximum Gasteiger partial charge on any atom is 0.251 e. The van der Waals surface area contributed by atoms with Gasteiger partial charge < -0.3 is 5.32 Å². The van der Waals surface area contributed by atoms with Gasteiger partial charge in [-0.15, -0.1) is 20.4 Å². The normalized spacial score (nSPS) is 13.8. The molecule has 42 heavy (non-hydrogen) atoms. The molecule has 1 aliphatic rings. The van der Waals surface area contributed by atoms with Crippen LogP contribution in [-0.4, -0.2) is 68.3 Å². The monoisotopic (exact) mass is 626 g/mol. The molecule has 1 aliphatic heterocycles. The molecule has 0 saturated carbocycles. The number of benzene rings is 2. The van der Waals surface area contributed by atoms with Crippen LogP contribution in [0.5, 0.6) is 0 Å². The number of sulfonamides is 1. The fourth-order valence-corrected chi connectivity index (χ4v) is 7.37. The summed E-state index contributed by atoms with van der Waals surface area (Å²) in [5, 5.41) is 23.8. The van der Waals surface area contributed by atoms with E-state index < -0.39 is 10.0 Å². The first kappa shape index (κ1) is 29.8. The van der Waals surface area contributed by atoms with E-state index in [9.17, 15) is 18.0 Å². The van der Waals surface area contributed by atoms with Gasteiger partial charge in [-0.25, -0.2) is 8.42 Å². The van der Waals surface area contributed by atoms with E-state index in [0.29, 0.717) is 34.8 Å². The number of nitrogens with zero attached hydrogens (tertiary/aromatic N) is 6. The molecule has 2 aromatic carbocycles. The minimum atomic E-state index is -3.56. The van der Waals surface area contributed by atoms with Gasteiger partial charge >= 0.3 is 0 Å². The highest BCUT2D eigenvalue weighted by atomic mass is 32.2. The molecule has 0 radical (unpaired) electrons. The molecule has 2 N–H and O–H groups in total. The average Bonchev–Trinajstić information content (AvgIpc) is 3.74. The third kappa shape index (κ3) is 6.53. The number of hydrogen-bond donors (Lipinski definition) is 2. The number of amides is 2. The SMILES string of the molecule is Cc1nnc(NC(=O)CSc2nnc(CNC(=O)c3ccc(S(=O)(=O)N4CCCC4)cc3)n2-c2cccc(C)c2C)s1. The van der Waals surface area contributed by atoms with Gasteiger partial charge in [-0.2, -0.15) is 4.31 Å². The molecule has 0 atom stereocenters. The Bertz CT molecular complexity index is 1710. The zero-order valence-electron chi connectivity index (χ0n) is 23.3. The summed E-state index contributed by atoms with van der Waals surface area (Å²) in [7, 11) is -3.56. The average molecular weight is 627 g/mol. The van der Waals surface area contributed by atoms with Crippen molar-refractivity contribution < 1.29 is 18.0 Å². The Morgan fingerprint density at radius 1 is 0.976 bits per heavy atom. The highest BCUT2D eigenvalue weighted by Gasteiger charge is 2.27. The lowest BCUT2D eigenvalue weighted by molar-refractivity contribution is -0.113. The van der Waals surface area contributed by atoms with Crippen molar-refractivity contribution in [2.45, 2.75) is 50.2 Å². The van der Waals surface area contributed by atoms with Gasteiger partial charge in [0.25, 0.3) is 5.91 Å². The van der Waals surface area contributed by atoms with Crippen LogP contribution >= 0.6 is 23.1 Å². The van der Waals surface area contributed by atoms with Crippen molar-refractivity contribution in [3.63, 3.8) is 0 Å². The Hall–Kier alpha value is -3.66. The molecule has 2 amide bonds. The molecule has 0 bridgehead atoms. The van der Waals surface area contributed by atoms with Crippen molar-refractivity contribution in [3.05, 3.63) is 70.0 Å². The maximum atomic E-state index is 13.0. The number of anilines is 1. The zero-order chi connectivity index (χ0) is 29.9. The van der Waals surface area contributed by atoms with Gasteiger partial charge in [0, 0.05) is 18.7 Å². The van der Waals surface area contributed by atoms with Gasteiger partial charge in [0.2, 0.25) is 21.1 Å². The first-order valence-corrected chi connectivity index (χ1v) is 16.5. The van der Waals surface area contributed by atoms with E-state index in [1.165, 1.54) is 51.7 Å². The van der Waals surface area contributed by atoms with Gasteiger partial charge in [-0.1, -0.05) is 35.2 Å². The van der Waals surface area contributed by atoms with Crippen molar-refractivity contribution >= 4 is 50.1 Å². The van der Waals surface area contributed by atoms with Crippen LogP contribution in [0.1, 0.15) is 45.2 Å². The van der Waals surface area contributed by atoms with E-state index in [-0.39, 0.29) is 29.0 Å². The topological polar surface area (TPSA) is 152 Å². The summed E-state index contributed by atoms with van der Waals surface area (Å²) < 4.78 is 28.9. The quantitative estimate of drug-likeness (QED) is 0.252. The fourth-order valence-electron chi connectivity index (χ4n) is 4.48. The molecular formula is C27H30N8O4S3. The summed E-state index contributed by atoms with van der Waals surface area (Å²) in [5.74, 6) is -0.0815. The molecule has 0 aliphatic carbocycles. The van der Waals surface area contributed by atoms with Crippen LogP contribution in [0.15, 0.2) is 52.5 Å². The lowest BCUT2D eigenvalue weighted by Gasteiger charge is -2.16. The molecule has 5 rings (SSSR count). The highest BCUT2D eigenvalue weighted by molar-refractivity contribution is 7.99. The second-order valence-electron chi connectivity index (χ2n) is 9.73. The van der Waals surface area contributed by atoms with E-state index in [2.05, 4.69) is 31.0 Å². The third-order valence-electron chi connectivity index (χ3n) is 6.85. The minimum absolute atomic E-state index is 0.0594. The second kappa shape index (κ2) is 12.7. The number of nitrogens with one attached hydrogen (secondary N) is 2. The smallest absolute Gasteiger partial charge is 0.251 e. The first-order chi connectivity index (χ1) is 20.1. The third-order valence-corrected chi connectivity index (χ3v) is 10.4. The molecule has 220 valence electrons. The van der Waals surface area contributed by atoms with Crippen molar-refractivity contribution in [2.24, 2.45) is 0 Å². The van der Waals surface area contributed by atoms with Crippen LogP contribution in [-0.2, 0) is 21.4 Å². The Balaban J connectivity index is 1.31. The molecule has 0 spiro atoms. The number of aromatic nitrogens is 5. The molecule has 4 aromatic rings. The first-order valence-electron chi connectivity index (χ1n) is 13.3.